The van der Waals surface area contributed by atoms with Gasteiger partial charge in [0.15, 0.2) is 0 Å². The van der Waals surface area contributed by atoms with E-state index >= 15 is 0 Å². The van der Waals surface area contributed by atoms with Gasteiger partial charge in [-0.2, -0.15) is 0 Å². The van der Waals surface area contributed by atoms with Crippen LogP contribution in [0.1, 0.15) is 15.9 Å². The number of para-hydroxylation sites is 2. The van der Waals surface area contributed by atoms with Crippen molar-refractivity contribution in [2.45, 2.75) is 6.42 Å². The normalized spacial score (nSPS) is 13.6. The Hall–Kier alpha value is -2.82. The largest absolute Gasteiger partial charge is 0.454 e. The Bertz CT molecular complexity index is 710. The molecule has 0 bridgehead atoms. The molecule has 0 fully saturated rings. The molecule has 0 spiro atoms. The second kappa shape index (κ2) is 4.70. The van der Waals surface area contributed by atoms with Gasteiger partial charge in [-0.15, -0.1) is 0 Å². The second-order valence-electron chi connectivity index (χ2n) is 4.48. The molecular weight excluding hydrogens is 256 g/mol. The first-order valence-corrected chi connectivity index (χ1v) is 6.13. The standard InChI is InChI=1S/C15H12N2O3/c16-10-5-1-2-6-11(10)20-12-7-3-4-9-8-13(18)17-15(19)14(9)12/h1-7H,8,16H2,(H,17,18,19). The molecule has 1 aliphatic heterocycles. The second-order valence-corrected chi connectivity index (χ2v) is 4.48. The predicted molar refractivity (Wildman–Crippen MR) is 73.5 cm³/mol. The number of benzene rings is 2. The maximum absolute atomic E-state index is 11.9. The summed E-state index contributed by atoms with van der Waals surface area (Å²) in [5.74, 6) is 0.122. The summed E-state index contributed by atoms with van der Waals surface area (Å²) in [4.78, 5) is 23.3. The zero-order valence-corrected chi connectivity index (χ0v) is 10.6. The smallest absolute Gasteiger partial charge is 0.261 e. The molecule has 2 aromatic rings. The van der Waals surface area contributed by atoms with Crippen molar-refractivity contribution in [1.82, 2.24) is 5.32 Å². The van der Waals surface area contributed by atoms with E-state index in [2.05, 4.69) is 5.32 Å². The van der Waals surface area contributed by atoms with Gasteiger partial charge in [0.05, 0.1) is 17.7 Å². The fourth-order valence-electron chi connectivity index (χ4n) is 2.16. The van der Waals surface area contributed by atoms with Gasteiger partial charge in [-0.1, -0.05) is 24.3 Å². The lowest BCUT2D eigenvalue weighted by Gasteiger charge is -2.19. The van der Waals surface area contributed by atoms with Crippen molar-refractivity contribution in [3.05, 3.63) is 53.6 Å². The molecule has 0 saturated carbocycles. The molecule has 2 amide bonds. The zero-order valence-electron chi connectivity index (χ0n) is 10.6. The van der Waals surface area contributed by atoms with Crippen LogP contribution in [0.2, 0.25) is 0 Å². The lowest BCUT2D eigenvalue weighted by atomic mass is 9.99. The van der Waals surface area contributed by atoms with E-state index in [1.807, 2.05) is 0 Å². The average molecular weight is 268 g/mol. The molecule has 0 aromatic heterocycles. The van der Waals surface area contributed by atoms with Crippen LogP contribution in [0.25, 0.3) is 0 Å². The summed E-state index contributed by atoms with van der Waals surface area (Å²) in [6.45, 7) is 0. The highest BCUT2D eigenvalue weighted by atomic mass is 16.5. The van der Waals surface area contributed by atoms with E-state index in [9.17, 15) is 9.59 Å². The number of nitrogen functional groups attached to an aromatic ring is 1. The predicted octanol–water partition coefficient (Wildman–Crippen LogP) is 1.87. The van der Waals surface area contributed by atoms with Gasteiger partial charge in [-0.3, -0.25) is 14.9 Å². The van der Waals surface area contributed by atoms with Crippen LogP contribution in [-0.2, 0) is 11.2 Å². The fourth-order valence-corrected chi connectivity index (χ4v) is 2.16. The van der Waals surface area contributed by atoms with Crippen LogP contribution in [0.3, 0.4) is 0 Å². The van der Waals surface area contributed by atoms with Gasteiger partial charge in [-0.05, 0) is 23.8 Å². The van der Waals surface area contributed by atoms with Crippen molar-refractivity contribution in [2.75, 3.05) is 5.73 Å². The number of imide groups is 1. The fraction of sp³-hybridized carbons (Fsp3) is 0.0667. The van der Waals surface area contributed by atoms with Crippen LogP contribution in [0.4, 0.5) is 5.69 Å². The van der Waals surface area contributed by atoms with Crippen LogP contribution < -0.4 is 15.8 Å². The number of nitrogens with two attached hydrogens (primary N) is 1. The van der Waals surface area contributed by atoms with Crippen LogP contribution in [0, 0.1) is 0 Å². The van der Waals surface area contributed by atoms with Gasteiger partial charge in [0.25, 0.3) is 5.91 Å². The molecule has 0 atom stereocenters. The van der Waals surface area contributed by atoms with Crippen LogP contribution >= 0.6 is 0 Å². The Labute approximate surface area is 115 Å². The molecule has 1 heterocycles. The number of rotatable bonds is 2. The number of carbonyl (C=O) groups is 2. The van der Waals surface area contributed by atoms with Crippen molar-refractivity contribution in [1.29, 1.82) is 0 Å². The van der Waals surface area contributed by atoms with E-state index in [0.29, 0.717) is 28.3 Å². The monoisotopic (exact) mass is 268 g/mol. The van der Waals surface area contributed by atoms with Gasteiger partial charge in [0.1, 0.15) is 11.5 Å². The maximum Gasteiger partial charge on any atom is 0.261 e. The number of hydrogen-bond acceptors (Lipinski definition) is 4. The molecule has 2 aromatic carbocycles. The molecule has 20 heavy (non-hydrogen) atoms. The average Bonchev–Trinajstić information content (AvgIpc) is 2.41. The number of ether oxygens (including phenoxy) is 1. The first-order chi connectivity index (χ1) is 9.65. The molecule has 100 valence electrons. The van der Waals surface area contributed by atoms with E-state index in [1.54, 1.807) is 42.5 Å². The third-order valence-corrected chi connectivity index (χ3v) is 3.08. The Morgan fingerprint density at radius 1 is 1.00 bits per heavy atom. The van der Waals surface area contributed by atoms with E-state index in [1.165, 1.54) is 0 Å². The molecule has 0 saturated heterocycles. The van der Waals surface area contributed by atoms with Gasteiger partial charge in [0.2, 0.25) is 5.91 Å². The summed E-state index contributed by atoms with van der Waals surface area (Å²) < 4.78 is 5.72. The summed E-state index contributed by atoms with van der Waals surface area (Å²) in [6, 6.07) is 12.2. The highest BCUT2D eigenvalue weighted by Crippen LogP contribution is 2.32. The highest BCUT2D eigenvalue weighted by molar-refractivity contribution is 6.11. The topological polar surface area (TPSA) is 81.4 Å². The van der Waals surface area contributed by atoms with Gasteiger partial charge in [0, 0.05) is 0 Å². The SMILES string of the molecule is Nc1ccccc1Oc1cccc2c1C(=O)NC(=O)C2. The molecule has 1 aliphatic rings. The maximum atomic E-state index is 11.9. The Kier molecular flexibility index (Phi) is 2.87. The zero-order chi connectivity index (χ0) is 14.1. The third kappa shape index (κ3) is 2.09. The third-order valence-electron chi connectivity index (χ3n) is 3.08. The number of carbonyl (C=O) groups excluding carboxylic acids is 2. The van der Waals surface area contributed by atoms with E-state index in [4.69, 9.17) is 10.5 Å². The van der Waals surface area contributed by atoms with Gasteiger partial charge < -0.3 is 10.5 Å². The van der Waals surface area contributed by atoms with Crippen LogP contribution in [0.5, 0.6) is 11.5 Å². The van der Waals surface area contributed by atoms with Crippen LogP contribution in [0.15, 0.2) is 42.5 Å². The quantitative estimate of drug-likeness (QED) is 0.643. The number of anilines is 1. The van der Waals surface area contributed by atoms with Gasteiger partial charge in [-0.25, -0.2) is 0 Å². The van der Waals surface area contributed by atoms with E-state index in [0.717, 1.165) is 0 Å². The van der Waals surface area contributed by atoms with Crippen molar-refractivity contribution < 1.29 is 14.3 Å². The molecule has 5 nitrogen and oxygen atoms in total. The molecule has 0 radical (unpaired) electrons. The van der Waals surface area contributed by atoms with Crippen molar-refractivity contribution >= 4 is 17.5 Å². The summed E-state index contributed by atoms with van der Waals surface area (Å²) in [6.07, 6.45) is 0.169. The minimum absolute atomic E-state index is 0.169. The summed E-state index contributed by atoms with van der Waals surface area (Å²) in [5.41, 5.74) is 7.35. The first kappa shape index (κ1) is 12.2. The lowest BCUT2D eigenvalue weighted by Crippen LogP contribution is -2.37. The number of hydrogen-bond donors (Lipinski definition) is 2. The Balaban J connectivity index is 2.04. The molecule has 3 N–H and O–H groups in total. The van der Waals surface area contributed by atoms with Gasteiger partial charge >= 0.3 is 0 Å². The molecular formula is C15H12N2O3. The van der Waals surface area contributed by atoms with Crippen molar-refractivity contribution in [2.24, 2.45) is 0 Å². The molecule has 3 rings (SSSR count). The minimum atomic E-state index is -0.443. The molecule has 5 heteroatoms. The number of amides is 2. The number of nitrogens with one attached hydrogen (secondary N) is 1. The van der Waals surface area contributed by atoms with E-state index < -0.39 is 5.91 Å². The minimum Gasteiger partial charge on any atom is -0.454 e. The first-order valence-electron chi connectivity index (χ1n) is 6.13. The Morgan fingerprint density at radius 2 is 1.75 bits per heavy atom. The van der Waals surface area contributed by atoms with Crippen LogP contribution in [-0.4, -0.2) is 11.8 Å². The summed E-state index contributed by atoms with van der Waals surface area (Å²) >= 11 is 0. The summed E-state index contributed by atoms with van der Waals surface area (Å²) in [7, 11) is 0. The molecule has 0 aliphatic carbocycles. The van der Waals surface area contributed by atoms with Crippen molar-refractivity contribution in [3.63, 3.8) is 0 Å². The Morgan fingerprint density at radius 3 is 2.55 bits per heavy atom. The number of fused-ring (bicyclic) bond motifs is 1. The highest BCUT2D eigenvalue weighted by Gasteiger charge is 2.26. The summed E-state index contributed by atoms with van der Waals surface area (Å²) in [5, 5.41) is 2.29. The van der Waals surface area contributed by atoms with Crippen molar-refractivity contribution in [3.8, 4) is 11.5 Å². The van der Waals surface area contributed by atoms with E-state index in [-0.39, 0.29) is 12.3 Å². The molecule has 0 unspecified atom stereocenters. The lowest BCUT2D eigenvalue weighted by molar-refractivity contribution is -0.119.